The standard InChI is InChI=1S/C17H33N3/c1-14(11-18-16-7-4-3-5-8-16)20-13-17-9-6-10-19(17)12-15(20)2/h14-18H,3-13H2,1-2H3. The molecule has 3 fully saturated rings. The molecule has 0 radical (unpaired) electrons. The fourth-order valence-corrected chi connectivity index (χ4v) is 4.59. The molecule has 0 aromatic carbocycles. The van der Waals surface area contributed by atoms with Crippen LogP contribution in [0.4, 0.5) is 0 Å². The topological polar surface area (TPSA) is 18.5 Å². The Balaban J connectivity index is 1.47. The van der Waals surface area contributed by atoms with Gasteiger partial charge in [-0.1, -0.05) is 19.3 Å². The summed E-state index contributed by atoms with van der Waals surface area (Å²) >= 11 is 0. The molecule has 0 bridgehead atoms. The van der Waals surface area contributed by atoms with Gasteiger partial charge < -0.3 is 5.32 Å². The van der Waals surface area contributed by atoms with Crippen LogP contribution < -0.4 is 5.32 Å². The van der Waals surface area contributed by atoms with Crippen LogP contribution in [0.2, 0.25) is 0 Å². The summed E-state index contributed by atoms with van der Waals surface area (Å²) in [5.74, 6) is 0. The number of hydrogen-bond acceptors (Lipinski definition) is 3. The summed E-state index contributed by atoms with van der Waals surface area (Å²) in [5, 5.41) is 3.84. The van der Waals surface area contributed by atoms with Crippen molar-refractivity contribution in [3.8, 4) is 0 Å². The monoisotopic (exact) mass is 279 g/mol. The van der Waals surface area contributed by atoms with Crippen LogP contribution in [0.3, 0.4) is 0 Å². The fraction of sp³-hybridized carbons (Fsp3) is 1.00. The third-order valence-corrected chi connectivity index (χ3v) is 5.86. The lowest BCUT2D eigenvalue weighted by Gasteiger charge is -2.45. The first-order valence-electron chi connectivity index (χ1n) is 8.97. The van der Waals surface area contributed by atoms with Crippen LogP contribution in [-0.4, -0.2) is 60.1 Å². The van der Waals surface area contributed by atoms with E-state index in [9.17, 15) is 0 Å². The molecule has 0 aromatic heterocycles. The number of rotatable bonds is 4. The summed E-state index contributed by atoms with van der Waals surface area (Å²) in [7, 11) is 0. The highest BCUT2D eigenvalue weighted by Crippen LogP contribution is 2.26. The summed E-state index contributed by atoms with van der Waals surface area (Å²) in [6.07, 6.45) is 9.96. The first-order chi connectivity index (χ1) is 9.74. The van der Waals surface area contributed by atoms with Crippen molar-refractivity contribution in [1.29, 1.82) is 0 Å². The Hall–Kier alpha value is -0.120. The number of nitrogens with one attached hydrogen (secondary N) is 1. The van der Waals surface area contributed by atoms with Crippen LogP contribution in [0, 0.1) is 0 Å². The maximum Gasteiger partial charge on any atom is 0.0224 e. The van der Waals surface area contributed by atoms with Crippen LogP contribution in [0.25, 0.3) is 0 Å². The van der Waals surface area contributed by atoms with E-state index in [0.717, 1.165) is 18.1 Å². The average Bonchev–Trinajstić information content (AvgIpc) is 2.92. The Bertz CT molecular complexity index is 301. The first-order valence-corrected chi connectivity index (χ1v) is 8.97. The molecule has 116 valence electrons. The highest BCUT2D eigenvalue weighted by atomic mass is 15.3. The summed E-state index contributed by atoms with van der Waals surface area (Å²) < 4.78 is 0. The Morgan fingerprint density at radius 1 is 1.05 bits per heavy atom. The van der Waals surface area contributed by atoms with Gasteiger partial charge in [0.05, 0.1) is 0 Å². The smallest absolute Gasteiger partial charge is 0.0224 e. The highest BCUT2D eigenvalue weighted by molar-refractivity contribution is 4.93. The average molecular weight is 279 g/mol. The highest BCUT2D eigenvalue weighted by Gasteiger charge is 2.36. The zero-order valence-electron chi connectivity index (χ0n) is 13.5. The summed E-state index contributed by atoms with van der Waals surface area (Å²) in [5.41, 5.74) is 0. The lowest BCUT2D eigenvalue weighted by Crippen LogP contribution is -2.59. The number of fused-ring (bicyclic) bond motifs is 1. The Morgan fingerprint density at radius 3 is 2.65 bits per heavy atom. The van der Waals surface area contributed by atoms with E-state index in [4.69, 9.17) is 0 Å². The van der Waals surface area contributed by atoms with Gasteiger partial charge in [-0.3, -0.25) is 9.80 Å². The second-order valence-electron chi connectivity index (χ2n) is 7.43. The SMILES string of the molecule is CC(CNC1CCCCC1)N1CC2CCCN2CC1C. The van der Waals surface area contributed by atoms with E-state index in [1.54, 1.807) is 0 Å². The Morgan fingerprint density at radius 2 is 1.85 bits per heavy atom. The number of nitrogens with zero attached hydrogens (tertiary/aromatic N) is 2. The molecule has 0 aromatic rings. The minimum atomic E-state index is 0.690. The third kappa shape index (κ3) is 3.37. The molecular formula is C17H33N3. The second kappa shape index (κ2) is 6.76. The van der Waals surface area contributed by atoms with Crippen LogP contribution in [0.15, 0.2) is 0 Å². The molecule has 2 saturated heterocycles. The van der Waals surface area contributed by atoms with Gasteiger partial charge in [0, 0.05) is 43.8 Å². The zero-order chi connectivity index (χ0) is 13.9. The van der Waals surface area contributed by atoms with Crippen LogP contribution in [-0.2, 0) is 0 Å². The van der Waals surface area contributed by atoms with Gasteiger partial charge in [0.15, 0.2) is 0 Å². The molecule has 20 heavy (non-hydrogen) atoms. The molecule has 3 atom stereocenters. The summed E-state index contributed by atoms with van der Waals surface area (Å²) in [4.78, 5) is 5.49. The molecule has 2 heterocycles. The van der Waals surface area contributed by atoms with Crippen molar-refractivity contribution in [2.24, 2.45) is 0 Å². The van der Waals surface area contributed by atoms with E-state index >= 15 is 0 Å². The molecule has 1 aliphatic carbocycles. The number of hydrogen-bond donors (Lipinski definition) is 1. The minimum absolute atomic E-state index is 0.690. The predicted molar refractivity (Wildman–Crippen MR) is 85.1 cm³/mol. The van der Waals surface area contributed by atoms with E-state index in [0.29, 0.717) is 6.04 Å². The van der Waals surface area contributed by atoms with Crippen LogP contribution in [0.1, 0.15) is 58.8 Å². The minimum Gasteiger partial charge on any atom is -0.312 e. The van der Waals surface area contributed by atoms with Gasteiger partial charge in [0.2, 0.25) is 0 Å². The van der Waals surface area contributed by atoms with E-state index < -0.39 is 0 Å². The van der Waals surface area contributed by atoms with Crippen LogP contribution in [0.5, 0.6) is 0 Å². The van der Waals surface area contributed by atoms with Crippen molar-refractivity contribution < 1.29 is 0 Å². The molecule has 3 rings (SSSR count). The lowest BCUT2D eigenvalue weighted by molar-refractivity contribution is 0.0320. The van der Waals surface area contributed by atoms with E-state index in [1.165, 1.54) is 71.1 Å². The molecule has 0 spiro atoms. The molecule has 3 unspecified atom stereocenters. The third-order valence-electron chi connectivity index (χ3n) is 5.86. The zero-order valence-corrected chi connectivity index (χ0v) is 13.5. The van der Waals surface area contributed by atoms with Crippen molar-refractivity contribution in [1.82, 2.24) is 15.1 Å². The van der Waals surface area contributed by atoms with Crippen molar-refractivity contribution in [2.45, 2.75) is 83.0 Å². The maximum atomic E-state index is 3.84. The van der Waals surface area contributed by atoms with Gasteiger partial charge in [-0.25, -0.2) is 0 Å². The van der Waals surface area contributed by atoms with Gasteiger partial charge in [0.1, 0.15) is 0 Å². The van der Waals surface area contributed by atoms with E-state index in [2.05, 4.69) is 29.0 Å². The van der Waals surface area contributed by atoms with Crippen molar-refractivity contribution in [3.63, 3.8) is 0 Å². The summed E-state index contributed by atoms with van der Waals surface area (Å²) in [6, 6.07) is 3.07. The maximum absolute atomic E-state index is 3.84. The van der Waals surface area contributed by atoms with Crippen molar-refractivity contribution in [2.75, 3.05) is 26.2 Å². The van der Waals surface area contributed by atoms with Gasteiger partial charge in [0.25, 0.3) is 0 Å². The normalized spacial score (nSPS) is 35.1. The van der Waals surface area contributed by atoms with Gasteiger partial charge in [-0.15, -0.1) is 0 Å². The van der Waals surface area contributed by atoms with Crippen LogP contribution >= 0.6 is 0 Å². The first kappa shape index (κ1) is 14.8. The summed E-state index contributed by atoms with van der Waals surface area (Å²) in [6.45, 7) is 9.97. The second-order valence-corrected chi connectivity index (χ2v) is 7.43. The van der Waals surface area contributed by atoms with Gasteiger partial charge >= 0.3 is 0 Å². The molecule has 3 heteroatoms. The molecule has 0 amide bonds. The van der Waals surface area contributed by atoms with Gasteiger partial charge in [-0.2, -0.15) is 0 Å². The number of piperazine rings is 1. The molecule has 1 saturated carbocycles. The quantitative estimate of drug-likeness (QED) is 0.853. The Labute approximate surface area is 125 Å². The largest absolute Gasteiger partial charge is 0.312 e. The van der Waals surface area contributed by atoms with E-state index in [1.807, 2.05) is 0 Å². The molecule has 3 aliphatic rings. The molecule has 1 N–H and O–H groups in total. The Kier molecular flexibility index (Phi) is 5.00. The fourth-order valence-electron chi connectivity index (χ4n) is 4.59. The molecular weight excluding hydrogens is 246 g/mol. The van der Waals surface area contributed by atoms with E-state index in [-0.39, 0.29) is 0 Å². The predicted octanol–water partition coefficient (Wildman–Crippen LogP) is 2.47. The molecule has 2 aliphatic heterocycles. The lowest BCUT2D eigenvalue weighted by atomic mass is 9.95. The van der Waals surface area contributed by atoms with Crippen molar-refractivity contribution in [3.05, 3.63) is 0 Å². The molecule has 3 nitrogen and oxygen atoms in total. The van der Waals surface area contributed by atoms with Gasteiger partial charge in [-0.05, 0) is 46.1 Å². The van der Waals surface area contributed by atoms with Crippen molar-refractivity contribution >= 4 is 0 Å².